The smallest absolute Gasteiger partial charge is 0.449 e. The van der Waals surface area contributed by atoms with Crippen LogP contribution in [0.1, 0.15) is 6.92 Å². The van der Waals surface area contributed by atoms with Crippen molar-refractivity contribution in [1.82, 2.24) is 0 Å². The van der Waals surface area contributed by atoms with Crippen molar-refractivity contribution < 1.29 is 17.7 Å². The molecule has 0 heterocycles. The zero-order chi connectivity index (χ0) is 6.78. The Morgan fingerprint density at radius 3 is 1.88 bits per heavy atom. The van der Waals surface area contributed by atoms with Crippen molar-refractivity contribution in [3.8, 4) is 0 Å². The number of hydrogen-bond acceptors (Lipinski definition) is 1. The highest BCUT2D eigenvalue weighted by Crippen LogP contribution is 2.13. The molecule has 0 aromatic rings. The van der Waals surface area contributed by atoms with E-state index >= 15 is 0 Å². The summed E-state index contributed by atoms with van der Waals surface area (Å²) in [5.74, 6) is -0.822. The fourth-order valence-electron chi connectivity index (χ4n) is 0.326. The van der Waals surface area contributed by atoms with Crippen LogP contribution in [0.2, 0.25) is 6.32 Å². The first-order valence-electron chi connectivity index (χ1n) is 2.12. The second kappa shape index (κ2) is 2.20. The molecule has 0 fully saturated rings. The molecule has 0 N–H and O–H groups in total. The van der Waals surface area contributed by atoms with E-state index in [4.69, 9.17) is 0 Å². The summed E-state index contributed by atoms with van der Waals surface area (Å²) in [5.41, 5.74) is 0. The average molecular weight is 125 g/mol. The summed E-state index contributed by atoms with van der Waals surface area (Å²) in [7, 11) is 0. The van der Waals surface area contributed by atoms with Crippen LogP contribution in [0.5, 0.6) is 0 Å². The minimum absolute atomic E-state index is 0.822. The molecule has 0 saturated carbocycles. The van der Waals surface area contributed by atoms with Crippen LogP contribution in [-0.4, -0.2) is 12.8 Å². The van der Waals surface area contributed by atoms with Crippen LogP contribution in [0.15, 0.2) is 0 Å². The molecule has 0 unspecified atom stereocenters. The monoisotopic (exact) mass is 125 g/mol. The number of Topliss-reactive ketones (excluding diaryl/α,β-unsaturated/α-hetero) is 1. The second-order valence-corrected chi connectivity index (χ2v) is 1.62. The molecule has 48 valence electrons. The topological polar surface area (TPSA) is 17.1 Å². The fourth-order valence-corrected chi connectivity index (χ4v) is 0.326. The summed E-state index contributed by atoms with van der Waals surface area (Å²) in [4.78, 5) is 9.75. The predicted molar refractivity (Wildman–Crippen MR) is 24.6 cm³/mol. The Morgan fingerprint density at radius 1 is 1.50 bits per heavy atom. The highest BCUT2D eigenvalue weighted by atomic mass is 19.4. The van der Waals surface area contributed by atoms with Gasteiger partial charge in [0.15, 0.2) is 0 Å². The lowest BCUT2D eigenvalue weighted by atomic mass is 9.84. The summed E-state index contributed by atoms with van der Waals surface area (Å²) < 4.78 is 33.4. The van der Waals surface area contributed by atoms with Crippen LogP contribution in [0.25, 0.3) is 0 Å². The van der Waals surface area contributed by atoms with E-state index in [1.807, 2.05) is 0 Å². The third-order valence-electron chi connectivity index (χ3n) is 0.519. The summed E-state index contributed by atoms with van der Waals surface area (Å²) in [5, 5.41) is 0. The number of ketones is 1. The van der Waals surface area contributed by atoms with Gasteiger partial charge in [0.2, 0.25) is 0 Å². The maximum atomic E-state index is 11.1. The Morgan fingerprint density at radius 2 is 1.88 bits per heavy atom. The third-order valence-corrected chi connectivity index (χ3v) is 0.519. The molecular formula is C3H5BF3O-. The quantitative estimate of drug-likeness (QED) is 0.510. The normalized spacial score (nSPS) is 11.5. The molecule has 0 bridgehead atoms. The lowest BCUT2D eigenvalue weighted by molar-refractivity contribution is -0.115. The van der Waals surface area contributed by atoms with Crippen LogP contribution < -0.4 is 0 Å². The highest BCUT2D eigenvalue weighted by molar-refractivity contribution is 6.62. The zero-order valence-corrected chi connectivity index (χ0v) is 4.33. The number of rotatable bonds is 2. The van der Waals surface area contributed by atoms with Gasteiger partial charge >= 0.3 is 6.98 Å². The van der Waals surface area contributed by atoms with Gasteiger partial charge in [0.25, 0.3) is 0 Å². The van der Waals surface area contributed by atoms with Gasteiger partial charge in [-0.2, -0.15) is 0 Å². The Balaban J connectivity index is 3.55. The molecule has 1 nitrogen and oxygen atoms in total. The minimum Gasteiger partial charge on any atom is -0.449 e. The van der Waals surface area contributed by atoms with Gasteiger partial charge in [0, 0.05) is 0 Å². The molecule has 8 heavy (non-hydrogen) atoms. The predicted octanol–water partition coefficient (Wildman–Crippen LogP) is 1.42. The number of carbonyl (C=O) groups is 1. The van der Waals surface area contributed by atoms with Gasteiger partial charge in [-0.15, -0.1) is 0 Å². The van der Waals surface area contributed by atoms with Gasteiger partial charge in [0.05, 0.1) is 0 Å². The van der Waals surface area contributed by atoms with E-state index in [0.29, 0.717) is 0 Å². The van der Waals surface area contributed by atoms with E-state index < -0.39 is 19.1 Å². The molecule has 0 spiro atoms. The summed E-state index contributed by atoms with van der Waals surface area (Å²) in [6.45, 7) is -3.96. The fraction of sp³-hybridized carbons (Fsp3) is 0.667. The van der Waals surface area contributed by atoms with E-state index in [-0.39, 0.29) is 0 Å². The van der Waals surface area contributed by atoms with Crippen LogP contribution >= 0.6 is 0 Å². The van der Waals surface area contributed by atoms with E-state index in [2.05, 4.69) is 0 Å². The van der Waals surface area contributed by atoms with Crippen molar-refractivity contribution in [2.75, 3.05) is 0 Å². The van der Waals surface area contributed by atoms with E-state index in [1.54, 1.807) is 0 Å². The molecule has 0 saturated heterocycles. The molecule has 0 aliphatic heterocycles. The van der Waals surface area contributed by atoms with Gasteiger partial charge in [0.1, 0.15) is 5.78 Å². The Labute approximate surface area is 44.9 Å². The van der Waals surface area contributed by atoms with Gasteiger partial charge in [-0.1, -0.05) is 0 Å². The maximum absolute atomic E-state index is 11.1. The molecule has 5 heteroatoms. The molecule has 0 atom stereocenters. The minimum atomic E-state index is -4.89. The standard InChI is InChI=1S/C3H5BF3O/c1-3(8)2-4(5,6)7/h2H2,1H3/q-1. The maximum Gasteiger partial charge on any atom is 0.485 e. The SMILES string of the molecule is CC(=O)C[B-](F)(F)F. The number of carbonyl (C=O) groups excluding carboxylic acids is 1. The molecule has 0 rings (SSSR count). The largest absolute Gasteiger partial charge is 0.485 e. The van der Waals surface area contributed by atoms with Crippen LogP contribution in [0, 0.1) is 0 Å². The van der Waals surface area contributed by atoms with Crippen LogP contribution in [-0.2, 0) is 4.79 Å². The van der Waals surface area contributed by atoms with Crippen LogP contribution in [0.4, 0.5) is 12.9 Å². The van der Waals surface area contributed by atoms with Crippen LogP contribution in [0.3, 0.4) is 0 Å². The van der Waals surface area contributed by atoms with Crippen molar-refractivity contribution in [2.45, 2.75) is 13.2 Å². The van der Waals surface area contributed by atoms with Crippen molar-refractivity contribution in [3.05, 3.63) is 0 Å². The van der Waals surface area contributed by atoms with Gasteiger partial charge < -0.3 is 17.7 Å². The van der Waals surface area contributed by atoms with Crippen molar-refractivity contribution >= 4 is 12.8 Å². The van der Waals surface area contributed by atoms with E-state index in [9.17, 15) is 17.7 Å². The zero-order valence-electron chi connectivity index (χ0n) is 4.33. The van der Waals surface area contributed by atoms with Crippen molar-refractivity contribution in [3.63, 3.8) is 0 Å². The van der Waals surface area contributed by atoms with Crippen molar-refractivity contribution in [2.24, 2.45) is 0 Å². The first-order chi connectivity index (χ1) is 3.42. The first-order valence-corrected chi connectivity index (χ1v) is 2.12. The van der Waals surface area contributed by atoms with Crippen molar-refractivity contribution in [1.29, 1.82) is 0 Å². The Kier molecular flexibility index (Phi) is 2.06. The molecule has 0 aromatic carbocycles. The third kappa shape index (κ3) is 5.52. The lowest BCUT2D eigenvalue weighted by Gasteiger charge is -2.08. The lowest BCUT2D eigenvalue weighted by Crippen LogP contribution is -2.17. The summed E-state index contributed by atoms with van der Waals surface area (Å²) in [6.07, 6.45) is -1.25. The molecule has 0 amide bonds. The average Bonchev–Trinajstić information content (AvgIpc) is 1.21. The van der Waals surface area contributed by atoms with Gasteiger partial charge in [-0.05, 0) is 13.2 Å². The number of hydrogen-bond donors (Lipinski definition) is 0. The Hall–Kier alpha value is -0.475. The molecule has 0 aliphatic carbocycles. The van der Waals surface area contributed by atoms with Gasteiger partial charge in [-0.3, -0.25) is 0 Å². The Bertz CT molecular complexity index is 97.2. The summed E-state index contributed by atoms with van der Waals surface area (Å²) >= 11 is 0. The molecular weight excluding hydrogens is 120 g/mol. The number of halogens is 3. The van der Waals surface area contributed by atoms with Gasteiger partial charge in [-0.25, -0.2) is 0 Å². The second-order valence-electron chi connectivity index (χ2n) is 1.62. The highest BCUT2D eigenvalue weighted by Gasteiger charge is 2.24. The molecule has 0 radical (unpaired) electrons. The van der Waals surface area contributed by atoms with E-state index in [0.717, 1.165) is 6.92 Å². The molecule has 0 aliphatic rings. The summed E-state index contributed by atoms with van der Waals surface area (Å²) in [6, 6.07) is 0. The first kappa shape index (κ1) is 7.52. The van der Waals surface area contributed by atoms with E-state index in [1.165, 1.54) is 0 Å². The molecule has 0 aromatic heterocycles.